The summed E-state index contributed by atoms with van der Waals surface area (Å²) in [4.78, 5) is 30.6. The molecule has 0 spiro atoms. The van der Waals surface area contributed by atoms with Crippen molar-refractivity contribution in [2.24, 2.45) is 0 Å². The van der Waals surface area contributed by atoms with Crippen LogP contribution in [-0.4, -0.2) is 38.2 Å². The van der Waals surface area contributed by atoms with Gasteiger partial charge in [0.1, 0.15) is 0 Å². The summed E-state index contributed by atoms with van der Waals surface area (Å²) in [5.74, 6) is -0.572. The van der Waals surface area contributed by atoms with E-state index in [9.17, 15) is 18.0 Å². The van der Waals surface area contributed by atoms with Gasteiger partial charge in [-0.25, -0.2) is 8.42 Å². The molecule has 0 saturated carbocycles. The van der Waals surface area contributed by atoms with Crippen LogP contribution in [0.3, 0.4) is 0 Å². The predicted molar refractivity (Wildman–Crippen MR) is 141 cm³/mol. The number of nitrogens with zero attached hydrogens (tertiary/aromatic N) is 2. The highest BCUT2D eigenvalue weighted by molar-refractivity contribution is 7.91. The van der Waals surface area contributed by atoms with Crippen molar-refractivity contribution in [2.45, 2.75) is 56.9 Å². The molecule has 0 radical (unpaired) electrons. The van der Waals surface area contributed by atoms with E-state index in [1.165, 1.54) is 17.0 Å². The fraction of sp³-hybridized carbons (Fsp3) is 0.310. The minimum absolute atomic E-state index is 0.0163. The average Bonchev–Trinajstić information content (AvgIpc) is 2.93. The third-order valence-corrected chi connectivity index (χ3v) is 8.40. The lowest BCUT2D eigenvalue weighted by Crippen LogP contribution is -2.33. The molecule has 0 saturated heterocycles. The number of carbonyl (C=O) groups is 2. The lowest BCUT2D eigenvalue weighted by Gasteiger charge is -2.26. The molecule has 3 aromatic carbocycles. The molecular weight excluding hydrogens is 472 g/mol. The molecular formula is C29H32N2O4S. The maximum atomic E-state index is 13.9. The topological polar surface area (TPSA) is 74.8 Å². The molecule has 188 valence electrons. The lowest BCUT2D eigenvalue weighted by molar-refractivity contribution is 0.0755. The number of aryl methyl sites for hydroxylation is 2. The van der Waals surface area contributed by atoms with Gasteiger partial charge in [-0.1, -0.05) is 49.7 Å². The maximum absolute atomic E-state index is 13.9. The zero-order chi connectivity index (χ0) is 26.0. The molecule has 0 unspecified atom stereocenters. The van der Waals surface area contributed by atoms with Gasteiger partial charge in [0.2, 0.25) is 9.84 Å². The summed E-state index contributed by atoms with van der Waals surface area (Å²) in [6, 6.07) is 16.9. The van der Waals surface area contributed by atoms with Gasteiger partial charge >= 0.3 is 0 Å². The van der Waals surface area contributed by atoms with Crippen molar-refractivity contribution < 1.29 is 18.0 Å². The Labute approximate surface area is 213 Å². The Balaban J connectivity index is 1.92. The molecule has 1 aliphatic heterocycles. The smallest absolute Gasteiger partial charge is 0.259 e. The Bertz CT molecular complexity index is 1420. The second-order valence-corrected chi connectivity index (χ2v) is 11.2. The molecule has 36 heavy (non-hydrogen) atoms. The fourth-order valence-corrected chi connectivity index (χ4v) is 6.31. The monoisotopic (exact) mass is 504 g/mol. The Hall–Kier alpha value is -3.45. The molecule has 6 nitrogen and oxygen atoms in total. The number of sulfone groups is 1. The van der Waals surface area contributed by atoms with Crippen LogP contribution in [0.4, 0.5) is 5.69 Å². The van der Waals surface area contributed by atoms with E-state index in [-0.39, 0.29) is 33.5 Å². The molecule has 0 bridgehead atoms. The highest BCUT2D eigenvalue weighted by atomic mass is 32.2. The van der Waals surface area contributed by atoms with Crippen molar-refractivity contribution >= 4 is 27.3 Å². The van der Waals surface area contributed by atoms with Crippen molar-refractivity contribution in [2.75, 3.05) is 18.0 Å². The number of benzene rings is 3. The molecule has 7 heteroatoms. The molecule has 4 rings (SSSR count). The standard InChI is InChI=1S/C29H32N2O4S/c1-5-15-30(16-6-2)28(32)22-13-14-27-25(18-22)31(19-23-17-20(3)11-12-21(23)4)29(33)24-9-7-8-10-26(24)36(27,34)35/h7-14,17-18H,5-6,15-16,19H2,1-4H3. The van der Waals surface area contributed by atoms with Gasteiger partial charge in [-0.3, -0.25) is 9.59 Å². The minimum Gasteiger partial charge on any atom is -0.339 e. The number of hydrogen-bond acceptors (Lipinski definition) is 4. The Morgan fingerprint density at radius 2 is 1.58 bits per heavy atom. The summed E-state index contributed by atoms with van der Waals surface area (Å²) < 4.78 is 27.5. The SMILES string of the molecule is CCCN(CCC)C(=O)c1ccc2c(c1)N(Cc1cc(C)ccc1C)C(=O)c1ccccc1S2(=O)=O. The first-order valence-corrected chi connectivity index (χ1v) is 13.8. The van der Waals surface area contributed by atoms with E-state index in [2.05, 4.69) is 0 Å². The van der Waals surface area contributed by atoms with Crippen LogP contribution in [0.15, 0.2) is 70.5 Å². The van der Waals surface area contributed by atoms with E-state index in [1.807, 2.05) is 45.9 Å². The normalized spacial score (nSPS) is 14.1. The van der Waals surface area contributed by atoms with Crippen molar-refractivity contribution in [1.29, 1.82) is 0 Å². The van der Waals surface area contributed by atoms with Crippen LogP contribution in [0.25, 0.3) is 0 Å². The number of hydrogen-bond donors (Lipinski definition) is 0. The van der Waals surface area contributed by atoms with E-state index in [0.717, 1.165) is 29.5 Å². The Kier molecular flexibility index (Phi) is 7.31. The molecule has 0 aliphatic carbocycles. The van der Waals surface area contributed by atoms with Crippen LogP contribution >= 0.6 is 0 Å². The molecule has 1 aliphatic rings. The molecule has 0 aromatic heterocycles. The molecule has 2 amide bonds. The summed E-state index contributed by atoms with van der Waals surface area (Å²) in [5, 5.41) is 0. The second kappa shape index (κ2) is 10.3. The van der Waals surface area contributed by atoms with Gasteiger partial charge in [-0.05, 0) is 68.1 Å². The van der Waals surface area contributed by atoms with Gasteiger partial charge in [0, 0.05) is 18.7 Å². The average molecular weight is 505 g/mol. The van der Waals surface area contributed by atoms with Crippen LogP contribution in [0.5, 0.6) is 0 Å². The predicted octanol–water partition coefficient (Wildman–Crippen LogP) is 5.56. The Morgan fingerprint density at radius 1 is 0.889 bits per heavy atom. The first-order chi connectivity index (χ1) is 17.2. The van der Waals surface area contributed by atoms with Crippen LogP contribution in [0.1, 0.15) is 64.1 Å². The number of rotatable bonds is 7. The van der Waals surface area contributed by atoms with E-state index in [4.69, 9.17) is 0 Å². The third-order valence-electron chi connectivity index (χ3n) is 6.55. The zero-order valence-corrected chi connectivity index (χ0v) is 22.1. The first-order valence-electron chi connectivity index (χ1n) is 12.3. The summed E-state index contributed by atoms with van der Waals surface area (Å²) in [6.45, 7) is 9.39. The minimum atomic E-state index is -3.98. The lowest BCUT2D eigenvalue weighted by atomic mass is 10.0. The summed E-state index contributed by atoms with van der Waals surface area (Å²) in [7, 11) is -3.98. The molecule has 1 heterocycles. The van der Waals surface area contributed by atoms with Gasteiger partial charge in [-0.15, -0.1) is 0 Å². The fourth-order valence-electron chi connectivity index (χ4n) is 4.67. The van der Waals surface area contributed by atoms with Crippen molar-refractivity contribution in [3.8, 4) is 0 Å². The summed E-state index contributed by atoms with van der Waals surface area (Å²) in [5.41, 5.74) is 3.70. The van der Waals surface area contributed by atoms with Crippen molar-refractivity contribution in [1.82, 2.24) is 4.90 Å². The Morgan fingerprint density at radius 3 is 2.28 bits per heavy atom. The first kappa shape index (κ1) is 25.6. The van der Waals surface area contributed by atoms with Gasteiger partial charge < -0.3 is 9.80 Å². The molecule has 3 aromatic rings. The van der Waals surface area contributed by atoms with Crippen LogP contribution in [-0.2, 0) is 16.4 Å². The van der Waals surface area contributed by atoms with E-state index in [0.29, 0.717) is 18.7 Å². The molecule has 0 fully saturated rings. The van der Waals surface area contributed by atoms with Gasteiger partial charge in [0.25, 0.3) is 11.8 Å². The van der Waals surface area contributed by atoms with Crippen LogP contribution < -0.4 is 4.90 Å². The summed E-state index contributed by atoms with van der Waals surface area (Å²) in [6.07, 6.45) is 1.63. The number of anilines is 1. The van der Waals surface area contributed by atoms with Gasteiger partial charge in [0.15, 0.2) is 0 Å². The number of fused-ring (bicyclic) bond motifs is 2. The van der Waals surface area contributed by atoms with Crippen molar-refractivity contribution in [3.05, 3.63) is 88.5 Å². The van der Waals surface area contributed by atoms with E-state index in [1.54, 1.807) is 35.2 Å². The third kappa shape index (κ3) is 4.67. The highest BCUT2D eigenvalue weighted by Gasteiger charge is 2.36. The largest absolute Gasteiger partial charge is 0.339 e. The highest BCUT2D eigenvalue weighted by Crippen LogP contribution is 2.38. The second-order valence-electron chi connectivity index (χ2n) is 9.30. The van der Waals surface area contributed by atoms with Crippen LogP contribution in [0, 0.1) is 13.8 Å². The quantitative estimate of drug-likeness (QED) is 0.422. The zero-order valence-electron chi connectivity index (χ0n) is 21.2. The van der Waals surface area contributed by atoms with Crippen LogP contribution in [0.2, 0.25) is 0 Å². The van der Waals surface area contributed by atoms with E-state index >= 15 is 0 Å². The summed E-state index contributed by atoms with van der Waals surface area (Å²) >= 11 is 0. The molecule has 0 atom stereocenters. The molecule has 0 N–H and O–H groups in total. The van der Waals surface area contributed by atoms with E-state index < -0.39 is 15.7 Å². The number of amides is 2. The maximum Gasteiger partial charge on any atom is 0.259 e. The van der Waals surface area contributed by atoms with Crippen molar-refractivity contribution in [3.63, 3.8) is 0 Å². The van der Waals surface area contributed by atoms with Gasteiger partial charge in [-0.2, -0.15) is 0 Å². The van der Waals surface area contributed by atoms with Gasteiger partial charge in [0.05, 0.1) is 27.6 Å². The number of carbonyl (C=O) groups excluding carboxylic acids is 2.